The maximum absolute atomic E-state index is 12.9. The van der Waals surface area contributed by atoms with E-state index in [0.717, 1.165) is 18.2 Å². The summed E-state index contributed by atoms with van der Waals surface area (Å²) in [4.78, 5) is 0. The first kappa shape index (κ1) is 18.8. The first-order valence-electron chi connectivity index (χ1n) is 8.09. The molecule has 0 aromatic heterocycles. The Kier molecular flexibility index (Phi) is 5.00. The van der Waals surface area contributed by atoms with Gasteiger partial charge in [-0.25, -0.2) is 21.0 Å². The molecule has 3 rings (SSSR count). The summed E-state index contributed by atoms with van der Waals surface area (Å²) in [6.07, 6.45) is 2.69. The fourth-order valence-electron chi connectivity index (χ4n) is 3.41. The maximum atomic E-state index is 12.9. The summed E-state index contributed by atoms with van der Waals surface area (Å²) >= 11 is 0. The lowest BCUT2D eigenvalue weighted by molar-refractivity contribution is 0.422. The van der Waals surface area contributed by atoms with Gasteiger partial charge in [-0.05, 0) is 30.4 Å². The molecule has 1 heterocycles. The number of aryl methyl sites for hydroxylation is 1. The molecule has 10 heteroatoms. The summed E-state index contributed by atoms with van der Waals surface area (Å²) in [5.41, 5.74) is 2.26. The van der Waals surface area contributed by atoms with Crippen molar-refractivity contribution >= 4 is 29.8 Å². The Bertz CT molecular complexity index is 978. The van der Waals surface area contributed by atoms with E-state index in [1.165, 1.54) is 9.87 Å². The van der Waals surface area contributed by atoms with Crippen LogP contribution in [0.25, 0.3) is 0 Å². The predicted octanol–water partition coefficient (Wildman–Crippen LogP) is 0.617. The van der Waals surface area contributed by atoms with Crippen LogP contribution in [0.1, 0.15) is 17.5 Å². The third-order valence-corrected chi connectivity index (χ3v) is 10.8. The lowest BCUT2D eigenvalue weighted by atomic mass is 9.92. The molecule has 1 aromatic carbocycles. The molecule has 0 spiro atoms. The van der Waals surface area contributed by atoms with Crippen molar-refractivity contribution in [1.82, 2.24) is 4.31 Å². The standard InChI is InChI=1S/C15H22N2O5S3/c1-23(18,19)16-24(20)10-8-17(9-11-24)25(21,22)15-7-6-13-4-2-3-5-14(13)12-15/h2-5,15H,6-12H2,1H3. The SMILES string of the molecule is CS(=O)(=O)N=S1(=O)CCN(S(=O)(=O)C2CCc3ccccc3C2)CC1. The van der Waals surface area contributed by atoms with Crippen LogP contribution in [-0.4, -0.2) is 61.5 Å². The minimum absolute atomic E-state index is 0.0391. The van der Waals surface area contributed by atoms with Gasteiger partial charge in [-0.2, -0.15) is 4.31 Å². The van der Waals surface area contributed by atoms with Crippen LogP contribution >= 0.6 is 0 Å². The van der Waals surface area contributed by atoms with Crippen LogP contribution in [0.2, 0.25) is 0 Å². The Hall–Kier alpha value is -0.970. The summed E-state index contributed by atoms with van der Waals surface area (Å²) < 4.78 is 65.7. The largest absolute Gasteiger partial charge is 0.257 e. The topological polar surface area (TPSA) is 101 Å². The molecule has 0 radical (unpaired) electrons. The minimum atomic E-state index is -3.71. The summed E-state index contributed by atoms with van der Waals surface area (Å²) in [5.74, 6) is -0.0782. The van der Waals surface area contributed by atoms with Gasteiger partial charge in [0.2, 0.25) is 10.0 Å². The zero-order chi connectivity index (χ0) is 18.3. The number of fused-ring (bicyclic) bond motifs is 1. The van der Waals surface area contributed by atoms with E-state index in [1.807, 2.05) is 24.3 Å². The lowest BCUT2D eigenvalue weighted by Crippen LogP contribution is -2.48. The monoisotopic (exact) mass is 406 g/mol. The first-order valence-corrected chi connectivity index (χ1v) is 13.3. The molecule has 0 bridgehead atoms. The lowest BCUT2D eigenvalue weighted by Gasteiger charge is -2.33. The van der Waals surface area contributed by atoms with E-state index in [-0.39, 0.29) is 24.6 Å². The van der Waals surface area contributed by atoms with Crippen molar-refractivity contribution in [3.05, 3.63) is 35.4 Å². The van der Waals surface area contributed by atoms with E-state index in [9.17, 15) is 21.0 Å². The average Bonchev–Trinajstić information content (AvgIpc) is 2.52. The van der Waals surface area contributed by atoms with Crippen molar-refractivity contribution in [2.24, 2.45) is 3.77 Å². The van der Waals surface area contributed by atoms with Crippen LogP contribution in [0.3, 0.4) is 0 Å². The van der Waals surface area contributed by atoms with Gasteiger partial charge in [-0.1, -0.05) is 24.3 Å². The molecule has 0 amide bonds. The van der Waals surface area contributed by atoms with Gasteiger partial charge in [0, 0.05) is 24.6 Å². The molecule has 1 aliphatic heterocycles. The van der Waals surface area contributed by atoms with E-state index in [1.54, 1.807) is 0 Å². The van der Waals surface area contributed by atoms with Crippen molar-refractivity contribution in [1.29, 1.82) is 0 Å². The van der Waals surface area contributed by atoms with Gasteiger partial charge in [0.1, 0.15) is 0 Å². The van der Waals surface area contributed by atoms with Crippen LogP contribution in [0, 0.1) is 0 Å². The molecule has 7 nitrogen and oxygen atoms in total. The third kappa shape index (κ3) is 4.24. The Labute approximate surface area is 149 Å². The molecule has 25 heavy (non-hydrogen) atoms. The molecule has 140 valence electrons. The summed E-state index contributed by atoms with van der Waals surface area (Å²) in [6, 6.07) is 7.86. The van der Waals surface area contributed by atoms with Gasteiger partial charge in [-0.3, -0.25) is 0 Å². The van der Waals surface area contributed by atoms with Crippen LogP contribution in [0.5, 0.6) is 0 Å². The highest BCUT2D eigenvalue weighted by Crippen LogP contribution is 2.28. The second-order valence-electron chi connectivity index (χ2n) is 6.57. The van der Waals surface area contributed by atoms with Crippen LogP contribution in [0.15, 0.2) is 28.0 Å². The molecule has 1 fully saturated rings. The van der Waals surface area contributed by atoms with Crippen LogP contribution in [0.4, 0.5) is 0 Å². The molecular formula is C15H22N2O5S3. The molecule has 2 aliphatic rings. The van der Waals surface area contributed by atoms with E-state index in [2.05, 4.69) is 3.77 Å². The van der Waals surface area contributed by atoms with Crippen LogP contribution in [-0.2, 0) is 42.6 Å². The number of sulfonamides is 2. The second kappa shape index (κ2) is 6.64. The van der Waals surface area contributed by atoms with Crippen molar-refractivity contribution in [3.8, 4) is 0 Å². The smallest absolute Gasteiger partial charge is 0.249 e. The zero-order valence-electron chi connectivity index (χ0n) is 14.0. The van der Waals surface area contributed by atoms with Gasteiger partial charge in [0.25, 0.3) is 10.0 Å². The summed E-state index contributed by atoms with van der Waals surface area (Å²) in [5, 5.41) is -0.483. The number of nitrogens with zero attached hydrogens (tertiary/aromatic N) is 2. The second-order valence-corrected chi connectivity index (χ2v) is 13.2. The van der Waals surface area contributed by atoms with Crippen molar-refractivity contribution in [2.75, 3.05) is 30.9 Å². The zero-order valence-corrected chi connectivity index (χ0v) is 16.4. The molecule has 1 saturated heterocycles. The fourth-order valence-corrected chi connectivity index (χ4v) is 9.34. The highest BCUT2D eigenvalue weighted by Gasteiger charge is 2.37. The van der Waals surface area contributed by atoms with Crippen molar-refractivity contribution in [2.45, 2.75) is 24.5 Å². The number of rotatable bonds is 3. The van der Waals surface area contributed by atoms with E-state index in [4.69, 9.17) is 0 Å². The van der Waals surface area contributed by atoms with Crippen molar-refractivity contribution < 1.29 is 21.0 Å². The summed E-state index contributed by atoms with van der Waals surface area (Å²) in [7, 11) is -10.1. The molecule has 1 aromatic rings. The molecular weight excluding hydrogens is 384 g/mol. The quantitative estimate of drug-likeness (QED) is 0.732. The van der Waals surface area contributed by atoms with Gasteiger partial charge in [0.15, 0.2) is 0 Å². The molecule has 1 atom stereocenters. The van der Waals surface area contributed by atoms with Gasteiger partial charge in [0.05, 0.1) is 21.2 Å². The average molecular weight is 407 g/mol. The summed E-state index contributed by atoms with van der Waals surface area (Å²) in [6.45, 7) is 0.108. The van der Waals surface area contributed by atoms with Crippen LogP contribution < -0.4 is 0 Å². The highest BCUT2D eigenvalue weighted by molar-refractivity contribution is 8.03. The predicted molar refractivity (Wildman–Crippen MR) is 97.9 cm³/mol. The number of hydrogen-bond donors (Lipinski definition) is 0. The minimum Gasteiger partial charge on any atom is -0.249 e. The Balaban J connectivity index is 1.75. The van der Waals surface area contributed by atoms with Gasteiger partial charge in [-0.15, -0.1) is 3.77 Å². The highest BCUT2D eigenvalue weighted by atomic mass is 32.3. The number of benzene rings is 1. The van der Waals surface area contributed by atoms with E-state index >= 15 is 0 Å². The van der Waals surface area contributed by atoms with Gasteiger partial charge < -0.3 is 0 Å². The third-order valence-electron chi connectivity index (χ3n) is 4.67. The van der Waals surface area contributed by atoms with E-state index < -0.39 is 35.0 Å². The Morgan fingerprint density at radius 3 is 2.28 bits per heavy atom. The molecule has 0 saturated carbocycles. The number of hydrogen-bond acceptors (Lipinski definition) is 5. The molecule has 1 aliphatic carbocycles. The fraction of sp³-hybridized carbons (Fsp3) is 0.600. The van der Waals surface area contributed by atoms with Crippen molar-refractivity contribution in [3.63, 3.8) is 0 Å². The molecule has 0 N–H and O–H groups in total. The Morgan fingerprint density at radius 2 is 1.68 bits per heavy atom. The molecule has 1 unspecified atom stereocenters. The van der Waals surface area contributed by atoms with Gasteiger partial charge >= 0.3 is 0 Å². The van der Waals surface area contributed by atoms with E-state index in [0.29, 0.717) is 12.8 Å². The maximum Gasteiger partial charge on any atom is 0.257 e. The Morgan fingerprint density at radius 1 is 1.08 bits per heavy atom. The normalized spacial score (nSPS) is 24.4. The first-order chi connectivity index (χ1) is 11.6.